The number of esters is 1. The molecule has 2 saturated carbocycles. The number of carboxylic acid groups (broad SMARTS) is 1. The Labute approximate surface area is 236 Å². The first-order valence-corrected chi connectivity index (χ1v) is 15.4. The summed E-state index contributed by atoms with van der Waals surface area (Å²) in [5.74, 6) is 0.245. The molecule has 1 spiro atoms. The standard InChI is InChI=1S/C14H19NO4S.C14H17NO3S/c1-2-19-10-6-9-20-11(10)12(16)15-14(13(17)18)7-4-3-5-8-14;1-2-17-10-6-9-19-11(10)12-15-14(13(16)18-12)7-4-3-5-8-14/h6,9H,2-5,7-8H2,1H3,(H,15,16)(H,17,18);6,9H,2-5,7-8H2,1H3. The number of hydrogen-bond donors (Lipinski definition) is 2. The highest BCUT2D eigenvalue weighted by Crippen LogP contribution is 2.39. The van der Waals surface area contributed by atoms with Gasteiger partial charge in [0.05, 0.1) is 13.2 Å². The van der Waals surface area contributed by atoms with Crippen molar-refractivity contribution in [2.45, 2.75) is 89.1 Å². The molecule has 2 fully saturated rings. The van der Waals surface area contributed by atoms with E-state index in [0.717, 1.165) is 55.6 Å². The fourth-order valence-electron chi connectivity index (χ4n) is 5.27. The average Bonchev–Trinajstić information content (AvgIpc) is 3.66. The van der Waals surface area contributed by atoms with Gasteiger partial charge in [-0.25, -0.2) is 14.6 Å². The van der Waals surface area contributed by atoms with E-state index < -0.39 is 17.0 Å². The molecule has 9 nitrogen and oxygen atoms in total. The van der Waals surface area contributed by atoms with Gasteiger partial charge in [-0.3, -0.25) is 4.79 Å². The summed E-state index contributed by atoms with van der Waals surface area (Å²) in [4.78, 5) is 41.9. The normalized spacial score (nSPS) is 19.3. The van der Waals surface area contributed by atoms with Crippen LogP contribution in [-0.4, -0.2) is 53.1 Å². The monoisotopic (exact) mass is 576 g/mol. The highest BCUT2D eigenvalue weighted by molar-refractivity contribution is 7.12. The Bertz CT molecular complexity index is 1190. The van der Waals surface area contributed by atoms with E-state index in [2.05, 4.69) is 10.3 Å². The number of cyclic esters (lactones) is 1. The van der Waals surface area contributed by atoms with Gasteiger partial charge >= 0.3 is 11.9 Å². The molecule has 1 aliphatic heterocycles. The van der Waals surface area contributed by atoms with Crippen LogP contribution in [0.1, 0.15) is 92.6 Å². The summed E-state index contributed by atoms with van der Waals surface area (Å²) in [6.45, 7) is 4.85. The van der Waals surface area contributed by atoms with E-state index in [0.29, 0.717) is 42.6 Å². The van der Waals surface area contributed by atoms with Crippen LogP contribution in [0, 0.1) is 0 Å². The molecular formula is C28H36N2O7S2. The molecule has 0 unspecified atom stereocenters. The first-order chi connectivity index (χ1) is 18.8. The molecule has 212 valence electrons. The Balaban J connectivity index is 0.000000181. The third-order valence-corrected chi connectivity index (χ3v) is 9.07. The zero-order valence-corrected chi connectivity index (χ0v) is 24.1. The molecule has 2 aliphatic carbocycles. The fraction of sp³-hybridized carbons (Fsp3) is 0.571. The lowest BCUT2D eigenvalue weighted by atomic mass is 9.81. The van der Waals surface area contributed by atoms with Gasteiger partial charge in [-0.15, -0.1) is 22.7 Å². The van der Waals surface area contributed by atoms with E-state index in [9.17, 15) is 19.5 Å². The number of carbonyl (C=O) groups is 3. The van der Waals surface area contributed by atoms with Crippen molar-refractivity contribution in [3.05, 3.63) is 32.6 Å². The van der Waals surface area contributed by atoms with Crippen molar-refractivity contribution in [1.82, 2.24) is 5.32 Å². The number of thiophene rings is 2. The number of ether oxygens (including phenoxy) is 3. The van der Waals surface area contributed by atoms with Gasteiger partial charge in [-0.05, 0) is 62.4 Å². The molecule has 1 amide bonds. The predicted molar refractivity (Wildman–Crippen MR) is 150 cm³/mol. The largest absolute Gasteiger partial charge is 0.492 e. The van der Waals surface area contributed by atoms with Crippen molar-refractivity contribution in [1.29, 1.82) is 0 Å². The van der Waals surface area contributed by atoms with Crippen LogP contribution in [-0.2, 0) is 14.3 Å². The van der Waals surface area contributed by atoms with Crippen LogP contribution >= 0.6 is 22.7 Å². The van der Waals surface area contributed by atoms with Gasteiger partial charge in [0.2, 0.25) is 5.90 Å². The summed E-state index contributed by atoms with van der Waals surface area (Å²) in [7, 11) is 0. The molecule has 11 heteroatoms. The van der Waals surface area contributed by atoms with E-state index in [1.807, 2.05) is 25.3 Å². The second kappa shape index (κ2) is 13.0. The Morgan fingerprint density at radius 3 is 2.18 bits per heavy atom. The quantitative estimate of drug-likeness (QED) is 0.380. The molecule has 0 radical (unpaired) electrons. The minimum Gasteiger partial charge on any atom is -0.492 e. The molecule has 2 N–H and O–H groups in total. The van der Waals surface area contributed by atoms with Crippen LogP contribution in [0.3, 0.4) is 0 Å². The van der Waals surface area contributed by atoms with Gasteiger partial charge in [-0.1, -0.05) is 38.5 Å². The number of nitrogens with zero attached hydrogens (tertiary/aromatic N) is 1. The molecule has 2 aromatic rings. The van der Waals surface area contributed by atoms with Crippen LogP contribution in [0.2, 0.25) is 0 Å². The first kappa shape index (κ1) is 29.1. The minimum atomic E-state index is -1.12. The second-order valence-electron chi connectivity index (χ2n) is 9.89. The average molecular weight is 577 g/mol. The van der Waals surface area contributed by atoms with Crippen molar-refractivity contribution in [2.24, 2.45) is 4.99 Å². The zero-order valence-electron chi connectivity index (χ0n) is 22.5. The van der Waals surface area contributed by atoms with E-state index in [1.54, 1.807) is 11.4 Å². The van der Waals surface area contributed by atoms with E-state index in [-0.39, 0.29) is 11.9 Å². The van der Waals surface area contributed by atoms with E-state index in [1.165, 1.54) is 29.1 Å². The summed E-state index contributed by atoms with van der Waals surface area (Å²) in [6, 6.07) is 3.63. The molecule has 39 heavy (non-hydrogen) atoms. The number of amides is 1. The maximum atomic E-state index is 12.3. The van der Waals surface area contributed by atoms with Crippen LogP contribution in [0.15, 0.2) is 27.9 Å². The highest BCUT2D eigenvalue weighted by Gasteiger charge is 2.47. The number of carbonyl (C=O) groups excluding carboxylic acids is 2. The van der Waals surface area contributed by atoms with Gasteiger partial charge < -0.3 is 24.6 Å². The smallest absolute Gasteiger partial charge is 0.340 e. The summed E-state index contributed by atoms with van der Waals surface area (Å²) in [5.41, 5.74) is -1.73. The summed E-state index contributed by atoms with van der Waals surface area (Å²) < 4.78 is 16.3. The zero-order chi connectivity index (χ0) is 27.9. The Hall–Kier alpha value is -2.92. The molecule has 3 aliphatic rings. The maximum Gasteiger partial charge on any atom is 0.340 e. The van der Waals surface area contributed by atoms with Crippen molar-refractivity contribution < 1.29 is 33.7 Å². The van der Waals surface area contributed by atoms with Gasteiger partial charge in [-0.2, -0.15) is 0 Å². The van der Waals surface area contributed by atoms with Crippen LogP contribution in [0.4, 0.5) is 0 Å². The number of carboxylic acids is 1. The number of aliphatic imine (C=N–C) groups is 1. The van der Waals surface area contributed by atoms with Crippen molar-refractivity contribution in [2.75, 3.05) is 13.2 Å². The first-order valence-electron chi connectivity index (χ1n) is 13.6. The summed E-state index contributed by atoms with van der Waals surface area (Å²) >= 11 is 2.77. The summed E-state index contributed by atoms with van der Waals surface area (Å²) in [6.07, 6.45) is 8.56. The molecule has 0 saturated heterocycles. The van der Waals surface area contributed by atoms with Crippen molar-refractivity contribution in [3.8, 4) is 11.5 Å². The predicted octanol–water partition coefficient (Wildman–Crippen LogP) is 5.82. The number of rotatable bonds is 8. The number of hydrogen-bond acceptors (Lipinski definition) is 9. The molecule has 5 rings (SSSR count). The van der Waals surface area contributed by atoms with E-state index in [4.69, 9.17) is 14.2 Å². The molecule has 0 aromatic carbocycles. The highest BCUT2D eigenvalue weighted by atomic mass is 32.1. The van der Waals surface area contributed by atoms with Crippen LogP contribution < -0.4 is 14.8 Å². The van der Waals surface area contributed by atoms with Gasteiger partial charge in [0.25, 0.3) is 5.91 Å². The summed E-state index contributed by atoms with van der Waals surface area (Å²) in [5, 5.41) is 15.9. The lowest BCUT2D eigenvalue weighted by Gasteiger charge is -2.33. The van der Waals surface area contributed by atoms with Gasteiger partial charge in [0.15, 0.2) is 5.54 Å². The third-order valence-electron chi connectivity index (χ3n) is 7.29. The molecule has 0 bridgehead atoms. The minimum absolute atomic E-state index is 0.182. The second-order valence-corrected chi connectivity index (χ2v) is 11.7. The van der Waals surface area contributed by atoms with Gasteiger partial charge in [0.1, 0.15) is 26.8 Å². The molecule has 2 aromatic heterocycles. The van der Waals surface area contributed by atoms with Crippen LogP contribution in [0.5, 0.6) is 11.5 Å². The number of nitrogens with one attached hydrogen (secondary N) is 1. The Morgan fingerprint density at radius 1 is 0.949 bits per heavy atom. The molecular weight excluding hydrogens is 540 g/mol. The molecule has 3 heterocycles. The Morgan fingerprint density at radius 2 is 1.54 bits per heavy atom. The van der Waals surface area contributed by atoms with Crippen LogP contribution in [0.25, 0.3) is 0 Å². The lowest BCUT2D eigenvalue weighted by Crippen LogP contribution is -2.55. The number of aliphatic carboxylic acids is 1. The fourth-order valence-corrected chi connectivity index (χ4v) is 6.76. The third kappa shape index (κ3) is 6.46. The lowest BCUT2D eigenvalue weighted by molar-refractivity contribution is -0.146. The maximum absolute atomic E-state index is 12.3. The van der Waals surface area contributed by atoms with Crippen molar-refractivity contribution >= 4 is 46.4 Å². The topological polar surface area (TPSA) is 124 Å². The van der Waals surface area contributed by atoms with E-state index >= 15 is 0 Å². The van der Waals surface area contributed by atoms with Crippen molar-refractivity contribution in [3.63, 3.8) is 0 Å². The Kier molecular flexibility index (Phi) is 9.66. The SMILES string of the molecule is CCOc1ccsc1C(=O)NC1(C(=O)O)CCCCC1.CCOc1ccsc1C1=NC2(CCCCC2)C(=O)O1. The molecule has 0 atom stereocenters. The van der Waals surface area contributed by atoms with Gasteiger partial charge in [0, 0.05) is 0 Å².